The molecule has 4 rings (SSSR count). The van der Waals surface area contributed by atoms with Crippen molar-refractivity contribution in [1.82, 2.24) is 9.88 Å². The SMILES string of the molecule is CN(C)C1(Cc2ccccc2)CCC(c2cc3ccccc3[nH]2)CC1. The largest absolute Gasteiger partial charge is 0.358 e. The van der Waals surface area contributed by atoms with Gasteiger partial charge < -0.3 is 9.88 Å². The van der Waals surface area contributed by atoms with E-state index in [9.17, 15) is 0 Å². The number of H-pyrrole nitrogens is 1. The lowest BCUT2D eigenvalue weighted by atomic mass is 9.72. The van der Waals surface area contributed by atoms with Crippen molar-refractivity contribution in [3.63, 3.8) is 0 Å². The van der Waals surface area contributed by atoms with E-state index in [4.69, 9.17) is 0 Å². The minimum absolute atomic E-state index is 0.296. The lowest BCUT2D eigenvalue weighted by Crippen LogP contribution is -2.48. The molecule has 0 unspecified atom stereocenters. The van der Waals surface area contributed by atoms with Crippen molar-refractivity contribution in [3.8, 4) is 0 Å². The Morgan fingerprint density at radius 2 is 1.64 bits per heavy atom. The highest BCUT2D eigenvalue weighted by molar-refractivity contribution is 5.80. The third kappa shape index (κ3) is 3.23. The monoisotopic (exact) mass is 332 g/mol. The summed E-state index contributed by atoms with van der Waals surface area (Å²) in [5, 5.41) is 1.34. The van der Waals surface area contributed by atoms with Crippen LogP contribution in [0.2, 0.25) is 0 Å². The molecular formula is C23H28N2. The summed E-state index contributed by atoms with van der Waals surface area (Å²) >= 11 is 0. The third-order valence-corrected chi connectivity index (χ3v) is 6.23. The fourth-order valence-electron chi connectivity index (χ4n) is 4.54. The van der Waals surface area contributed by atoms with Crippen LogP contribution in [0.15, 0.2) is 60.7 Å². The number of likely N-dealkylation sites (N-methyl/N-ethyl adjacent to an activating group) is 1. The molecule has 0 atom stereocenters. The van der Waals surface area contributed by atoms with Crippen LogP contribution < -0.4 is 0 Å². The Kier molecular flexibility index (Phi) is 4.39. The first kappa shape index (κ1) is 16.4. The topological polar surface area (TPSA) is 19.0 Å². The van der Waals surface area contributed by atoms with Crippen molar-refractivity contribution < 1.29 is 0 Å². The van der Waals surface area contributed by atoms with Crippen LogP contribution >= 0.6 is 0 Å². The van der Waals surface area contributed by atoms with E-state index in [-0.39, 0.29) is 0 Å². The predicted octanol–water partition coefficient (Wildman–Crippen LogP) is 5.37. The van der Waals surface area contributed by atoms with Gasteiger partial charge in [0.2, 0.25) is 0 Å². The molecule has 1 saturated carbocycles. The molecular weight excluding hydrogens is 304 g/mol. The van der Waals surface area contributed by atoms with Gasteiger partial charge >= 0.3 is 0 Å². The molecule has 2 aromatic carbocycles. The van der Waals surface area contributed by atoms with Gasteiger partial charge in [-0.2, -0.15) is 0 Å². The number of rotatable bonds is 4. The van der Waals surface area contributed by atoms with Gasteiger partial charge in [-0.15, -0.1) is 0 Å². The molecule has 0 aliphatic heterocycles. The van der Waals surface area contributed by atoms with Crippen molar-refractivity contribution >= 4 is 10.9 Å². The van der Waals surface area contributed by atoms with Crippen molar-refractivity contribution in [1.29, 1.82) is 0 Å². The summed E-state index contributed by atoms with van der Waals surface area (Å²) < 4.78 is 0. The molecule has 1 fully saturated rings. The zero-order valence-electron chi connectivity index (χ0n) is 15.3. The maximum Gasteiger partial charge on any atom is 0.0456 e. The number of para-hydroxylation sites is 1. The molecule has 1 heterocycles. The van der Waals surface area contributed by atoms with E-state index in [0.29, 0.717) is 11.5 Å². The Morgan fingerprint density at radius 1 is 0.960 bits per heavy atom. The van der Waals surface area contributed by atoms with Gasteiger partial charge in [0, 0.05) is 16.7 Å². The molecule has 3 aromatic rings. The Hall–Kier alpha value is -2.06. The molecule has 0 saturated heterocycles. The van der Waals surface area contributed by atoms with Crippen molar-refractivity contribution in [2.24, 2.45) is 0 Å². The third-order valence-electron chi connectivity index (χ3n) is 6.23. The van der Waals surface area contributed by atoms with Gasteiger partial charge in [0.15, 0.2) is 0 Å². The van der Waals surface area contributed by atoms with Gasteiger partial charge in [0.25, 0.3) is 0 Å². The summed E-state index contributed by atoms with van der Waals surface area (Å²) in [6.45, 7) is 0. The Labute approximate surface area is 150 Å². The molecule has 1 aliphatic carbocycles. The van der Waals surface area contributed by atoms with E-state index in [1.807, 2.05) is 0 Å². The van der Waals surface area contributed by atoms with Crippen molar-refractivity contribution in [3.05, 3.63) is 71.9 Å². The fraction of sp³-hybridized carbons (Fsp3) is 0.391. The van der Waals surface area contributed by atoms with E-state index in [1.54, 1.807) is 0 Å². The van der Waals surface area contributed by atoms with Gasteiger partial charge in [-0.1, -0.05) is 48.5 Å². The van der Waals surface area contributed by atoms with E-state index in [2.05, 4.69) is 84.6 Å². The summed E-state index contributed by atoms with van der Waals surface area (Å²) in [7, 11) is 4.51. The lowest BCUT2D eigenvalue weighted by Gasteiger charge is -2.45. The summed E-state index contributed by atoms with van der Waals surface area (Å²) in [6.07, 6.45) is 6.19. The van der Waals surface area contributed by atoms with E-state index in [0.717, 1.165) is 6.42 Å². The number of fused-ring (bicyclic) bond motifs is 1. The Bertz CT molecular complexity index is 790. The smallest absolute Gasteiger partial charge is 0.0456 e. The zero-order valence-corrected chi connectivity index (χ0v) is 15.3. The van der Waals surface area contributed by atoms with Gasteiger partial charge in [-0.05, 0) is 75.2 Å². The molecule has 2 heteroatoms. The van der Waals surface area contributed by atoms with E-state index < -0.39 is 0 Å². The van der Waals surface area contributed by atoms with Crippen molar-refractivity contribution in [2.75, 3.05) is 14.1 Å². The predicted molar refractivity (Wildman–Crippen MR) is 106 cm³/mol. The molecule has 0 spiro atoms. The summed E-state index contributed by atoms with van der Waals surface area (Å²) in [5.41, 5.74) is 4.45. The van der Waals surface area contributed by atoms with Crippen LogP contribution in [0.25, 0.3) is 10.9 Å². The number of nitrogens with one attached hydrogen (secondary N) is 1. The lowest BCUT2D eigenvalue weighted by molar-refractivity contribution is 0.0921. The number of nitrogens with zero attached hydrogens (tertiary/aromatic N) is 1. The van der Waals surface area contributed by atoms with E-state index in [1.165, 1.54) is 47.8 Å². The molecule has 1 N–H and O–H groups in total. The average Bonchev–Trinajstić information content (AvgIpc) is 3.07. The maximum absolute atomic E-state index is 3.66. The Morgan fingerprint density at radius 3 is 2.32 bits per heavy atom. The second-order valence-corrected chi connectivity index (χ2v) is 7.87. The highest BCUT2D eigenvalue weighted by Gasteiger charge is 2.37. The first-order chi connectivity index (χ1) is 12.2. The van der Waals surface area contributed by atoms with Crippen LogP contribution in [-0.2, 0) is 6.42 Å². The molecule has 2 nitrogen and oxygen atoms in total. The molecule has 1 aromatic heterocycles. The molecule has 25 heavy (non-hydrogen) atoms. The van der Waals surface area contributed by atoms with E-state index >= 15 is 0 Å². The normalized spacial score (nSPS) is 24.0. The van der Waals surface area contributed by atoms with Gasteiger partial charge in [0.1, 0.15) is 0 Å². The summed E-state index contributed by atoms with van der Waals surface area (Å²) in [4.78, 5) is 6.13. The molecule has 0 bridgehead atoms. The minimum Gasteiger partial charge on any atom is -0.358 e. The van der Waals surface area contributed by atoms with Crippen molar-refractivity contribution in [2.45, 2.75) is 43.6 Å². The standard InChI is InChI=1S/C23H28N2/c1-25(2)23(17-18-8-4-3-5-9-18)14-12-19(13-15-23)22-16-20-10-6-7-11-21(20)24-22/h3-11,16,19,24H,12-15,17H2,1-2H3. The Balaban J connectivity index is 1.51. The second-order valence-electron chi connectivity index (χ2n) is 7.87. The summed E-state index contributed by atoms with van der Waals surface area (Å²) in [6, 6.07) is 22.0. The second kappa shape index (κ2) is 6.68. The highest BCUT2D eigenvalue weighted by Crippen LogP contribution is 2.42. The quantitative estimate of drug-likeness (QED) is 0.680. The molecule has 0 radical (unpaired) electrons. The van der Waals surface area contributed by atoms with Crippen LogP contribution in [0.3, 0.4) is 0 Å². The molecule has 1 aliphatic rings. The average molecular weight is 332 g/mol. The highest BCUT2D eigenvalue weighted by atomic mass is 15.1. The maximum atomic E-state index is 3.66. The number of aromatic amines is 1. The number of aromatic nitrogens is 1. The number of hydrogen-bond acceptors (Lipinski definition) is 1. The summed E-state index contributed by atoms with van der Waals surface area (Å²) in [5.74, 6) is 0.663. The number of hydrogen-bond donors (Lipinski definition) is 1. The van der Waals surface area contributed by atoms with Crippen LogP contribution in [-0.4, -0.2) is 29.5 Å². The number of benzene rings is 2. The molecule has 130 valence electrons. The van der Waals surface area contributed by atoms with Crippen LogP contribution in [0.4, 0.5) is 0 Å². The first-order valence-corrected chi connectivity index (χ1v) is 9.45. The minimum atomic E-state index is 0.296. The zero-order chi connectivity index (χ0) is 17.3. The van der Waals surface area contributed by atoms with Crippen LogP contribution in [0, 0.1) is 0 Å². The fourth-order valence-corrected chi connectivity index (χ4v) is 4.54. The first-order valence-electron chi connectivity index (χ1n) is 9.45. The van der Waals surface area contributed by atoms with Crippen LogP contribution in [0.1, 0.15) is 42.9 Å². The molecule has 0 amide bonds. The van der Waals surface area contributed by atoms with Gasteiger partial charge in [-0.25, -0.2) is 0 Å². The van der Waals surface area contributed by atoms with Gasteiger partial charge in [0.05, 0.1) is 0 Å². The van der Waals surface area contributed by atoms with Gasteiger partial charge in [-0.3, -0.25) is 0 Å². The van der Waals surface area contributed by atoms with Crippen LogP contribution in [0.5, 0.6) is 0 Å².